The van der Waals surface area contributed by atoms with Crippen LogP contribution in [0.2, 0.25) is 0 Å². The number of nitrogens with one attached hydrogen (secondary N) is 1. The van der Waals surface area contributed by atoms with Crippen LogP contribution in [-0.2, 0) is 13.0 Å². The standard InChI is InChI=1S/C14H25N3O/c1-3-8-17-9-7-16-13(17)10-14(18)5-6-15-11-12(14)4-2/h7,9,12,15,18H,3-6,8,10-11H2,1-2H3. The molecule has 102 valence electrons. The first-order valence-electron chi connectivity index (χ1n) is 7.12. The summed E-state index contributed by atoms with van der Waals surface area (Å²) in [6.07, 6.45) is 7.48. The van der Waals surface area contributed by atoms with Gasteiger partial charge in [0, 0.05) is 37.8 Å². The molecule has 2 atom stereocenters. The highest BCUT2D eigenvalue weighted by atomic mass is 16.3. The number of aromatic nitrogens is 2. The molecule has 18 heavy (non-hydrogen) atoms. The molecule has 0 aromatic carbocycles. The summed E-state index contributed by atoms with van der Waals surface area (Å²) in [5, 5.41) is 14.3. The van der Waals surface area contributed by atoms with Crippen LogP contribution < -0.4 is 5.32 Å². The molecule has 4 heteroatoms. The fraction of sp³-hybridized carbons (Fsp3) is 0.786. The molecule has 1 saturated heterocycles. The number of hydrogen-bond acceptors (Lipinski definition) is 3. The minimum Gasteiger partial charge on any atom is -0.389 e. The van der Waals surface area contributed by atoms with Crippen LogP contribution in [0.15, 0.2) is 12.4 Å². The zero-order valence-electron chi connectivity index (χ0n) is 11.5. The molecule has 0 amide bonds. The Bertz CT molecular complexity index is 377. The monoisotopic (exact) mass is 251 g/mol. The van der Waals surface area contributed by atoms with Crippen molar-refractivity contribution in [2.75, 3.05) is 13.1 Å². The molecule has 0 spiro atoms. The van der Waals surface area contributed by atoms with Crippen molar-refractivity contribution in [1.29, 1.82) is 0 Å². The molecule has 2 rings (SSSR count). The van der Waals surface area contributed by atoms with Crippen LogP contribution in [0.25, 0.3) is 0 Å². The van der Waals surface area contributed by atoms with Crippen molar-refractivity contribution in [3.63, 3.8) is 0 Å². The Labute approximate surface area is 109 Å². The maximum atomic E-state index is 10.9. The maximum Gasteiger partial charge on any atom is 0.111 e. The number of nitrogens with zero attached hydrogens (tertiary/aromatic N) is 2. The largest absolute Gasteiger partial charge is 0.389 e. The van der Waals surface area contributed by atoms with E-state index in [1.54, 1.807) is 0 Å². The molecule has 1 aromatic rings. The van der Waals surface area contributed by atoms with Crippen molar-refractivity contribution in [2.24, 2.45) is 5.92 Å². The molecule has 0 radical (unpaired) electrons. The zero-order chi connectivity index (χ0) is 13.0. The van der Waals surface area contributed by atoms with Crippen molar-refractivity contribution in [1.82, 2.24) is 14.9 Å². The van der Waals surface area contributed by atoms with Gasteiger partial charge in [-0.25, -0.2) is 4.98 Å². The van der Waals surface area contributed by atoms with Gasteiger partial charge in [-0.2, -0.15) is 0 Å². The number of rotatable bonds is 5. The van der Waals surface area contributed by atoms with Gasteiger partial charge < -0.3 is 15.0 Å². The number of aryl methyl sites for hydroxylation is 1. The average molecular weight is 251 g/mol. The Morgan fingerprint density at radius 1 is 1.56 bits per heavy atom. The molecule has 0 saturated carbocycles. The van der Waals surface area contributed by atoms with E-state index in [4.69, 9.17) is 0 Å². The van der Waals surface area contributed by atoms with E-state index in [1.165, 1.54) is 0 Å². The van der Waals surface area contributed by atoms with Gasteiger partial charge in [0.05, 0.1) is 5.60 Å². The van der Waals surface area contributed by atoms with E-state index in [-0.39, 0.29) is 0 Å². The summed E-state index contributed by atoms with van der Waals surface area (Å²) in [5.74, 6) is 1.36. The Morgan fingerprint density at radius 2 is 2.39 bits per heavy atom. The number of hydrogen-bond donors (Lipinski definition) is 2. The van der Waals surface area contributed by atoms with E-state index in [0.717, 1.165) is 44.7 Å². The zero-order valence-corrected chi connectivity index (χ0v) is 11.5. The summed E-state index contributed by atoms with van der Waals surface area (Å²) in [6.45, 7) is 7.13. The molecule has 0 aliphatic carbocycles. The molecule has 4 nitrogen and oxygen atoms in total. The van der Waals surface area contributed by atoms with E-state index in [9.17, 15) is 5.11 Å². The van der Waals surface area contributed by atoms with E-state index in [0.29, 0.717) is 12.3 Å². The SMILES string of the molecule is CCCn1ccnc1CC1(O)CCNCC1CC. The van der Waals surface area contributed by atoms with Gasteiger partial charge in [-0.3, -0.25) is 0 Å². The van der Waals surface area contributed by atoms with Gasteiger partial charge in [0.25, 0.3) is 0 Å². The Balaban J connectivity index is 2.12. The van der Waals surface area contributed by atoms with Crippen molar-refractivity contribution in [3.8, 4) is 0 Å². The average Bonchev–Trinajstić information content (AvgIpc) is 2.77. The highest BCUT2D eigenvalue weighted by Crippen LogP contribution is 2.30. The lowest BCUT2D eigenvalue weighted by molar-refractivity contribution is -0.0434. The molecule has 1 fully saturated rings. The lowest BCUT2D eigenvalue weighted by Gasteiger charge is -2.40. The quantitative estimate of drug-likeness (QED) is 0.835. The molecule has 1 aliphatic heterocycles. The minimum absolute atomic E-state index is 0.332. The second-order valence-electron chi connectivity index (χ2n) is 5.38. The molecular weight excluding hydrogens is 226 g/mol. The predicted octanol–water partition coefficient (Wildman–Crippen LogP) is 1.59. The van der Waals surface area contributed by atoms with Gasteiger partial charge >= 0.3 is 0 Å². The van der Waals surface area contributed by atoms with Crippen LogP contribution in [-0.4, -0.2) is 33.3 Å². The first-order chi connectivity index (χ1) is 8.69. The number of aliphatic hydroxyl groups is 1. The predicted molar refractivity (Wildman–Crippen MR) is 72.4 cm³/mol. The van der Waals surface area contributed by atoms with Gasteiger partial charge in [0.1, 0.15) is 5.82 Å². The van der Waals surface area contributed by atoms with Crippen molar-refractivity contribution >= 4 is 0 Å². The van der Waals surface area contributed by atoms with Gasteiger partial charge in [-0.05, 0) is 25.8 Å². The number of imidazole rings is 1. The number of piperidine rings is 1. The fourth-order valence-corrected chi connectivity index (χ4v) is 2.96. The van der Waals surface area contributed by atoms with Crippen LogP contribution in [0.3, 0.4) is 0 Å². The van der Waals surface area contributed by atoms with Crippen molar-refractivity contribution in [3.05, 3.63) is 18.2 Å². The second kappa shape index (κ2) is 5.85. The Morgan fingerprint density at radius 3 is 3.11 bits per heavy atom. The third-order valence-electron chi connectivity index (χ3n) is 4.11. The fourth-order valence-electron chi connectivity index (χ4n) is 2.96. The first kappa shape index (κ1) is 13.6. The second-order valence-corrected chi connectivity index (χ2v) is 5.38. The molecule has 2 unspecified atom stereocenters. The lowest BCUT2D eigenvalue weighted by atomic mass is 9.77. The smallest absolute Gasteiger partial charge is 0.111 e. The van der Waals surface area contributed by atoms with Crippen molar-refractivity contribution < 1.29 is 5.11 Å². The lowest BCUT2D eigenvalue weighted by Crippen LogP contribution is -2.51. The van der Waals surface area contributed by atoms with Gasteiger partial charge in [0.15, 0.2) is 0 Å². The van der Waals surface area contributed by atoms with Gasteiger partial charge in [0.2, 0.25) is 0 Å². The normalized spacial score (nSPS) is 28.5. The summed E-state index contributed by atoms with van der Waals surface area (Å²) in [7, 11) is 0. The summed E-state index contributed by atoms with van der Waals surface area (Å²) in [5.41, 5.74) is -0.586. The molecule has 1 aliphatic rings. The van der Waals surface area contributed by atoms with E-state index in [2.05, 4.69) is 28.7 Å². The summed E-state index contributed by atoms with van der Waals surface area (Å²) in [4.78, 5) is 4.43. The summed E-state index contributed by atoms with van der Waals surface area (Å²) >= 11 is 0. The summed E-state index contributed by atoms with van der Waals surface area (Å²) < 4.78 is 2.17. The van der Waals surface area contributed by atoms with Crippen LogP contribution in [0.1, 0.15) is 38.9 Å². The van der Waals surface area contributed by atoms with Crippen LogP contribution >= 0.6 is 0 Å². The van der Waals surface area contributed by atoms with Crippen LogP contribution in [0.4, 0.5) is 0 Å². The molecule has 1 aromatic heterocycles. The molecule has 0 bridgehead atoms. The summed E-state index contributed by atoms with van der Waals surface area (Å²) in [6, 6.07) is 0. The van der Waals surface area contributed by atoms with Gasteiger partial charge in [-0.1, -0.05) is 13.8 Å². The van der Waals surface area contributed by atoms with E-state index < -0.39 is 5.60 Å². The van der Waals surface area contributed by atoms with Crippen LogP contribution in [0, 0.1) is 5.92 Å². The topological polar surface area (TPSA) is 50.1 Å². The van der Waals surface area contributed by atoms with E-state index in [1.807, 2.05) is 12.4 Å². The van der Waals surface area contributed by atoms with E-state index >= 15 is 0 Å². The molecular formula is C14H25N3O. The Hall–Kier alpha value is -0.870. The highest BCUT2D eigenvalue weighted by molar-refractivity contribution is 5.03. The van der Waals surface area contributed by atoms with Crippen LogP contribution in [0.5, 0.6) is 0 Å². The third-order valence-corrected chi connectivity index (χ3v) is 4.11. The Kier molecular flexibility index (Phi) is 4.40. The maximum absolute atomic E-state index is 10.9. The minimum atomic E-state index is -0.586. The molecule has 2 N–H and O–H groups in total. The van der Waals surface area contributed by atoms with Crippen molar-refractivity contribution in [2.45, 2.75) is 51.7 Å². The first-order valence-corrected chi connectivity index (χ1v) is 7.12. The molecule has 2 heterocycles. The van der Waals surface area contributed by atoms with Gasteiger partial charge in [-0.15, -0.1) is 0 Å². The third kappa shape index (κ3) is 2.75. The highest BCUT2D eigenvalue weighted by Gasteiger charge is 2.38.